The predicted octanol–water partition coefficient (Wildman–Crippen LogP) is 2.37. The largest absolute Gasteiger partial charge is 0.502 e. The van der Waals surface area contributed by atoms with Crippen molar-refractivity contribution in [1.29, 1.82) is 0 Å². The molecule has 15 heavy (non-hydrogen) atoms. The van der Waals surface area contributed by atoms with E-state index >= 15 is 0 Å². The Morgan fingerprint density at radius 2 is 2.00 bits per heavy atom. The van der Waals surface area contributed by atoms with Crippen LogP contribution in [0, 0.1) is 0 Å². The lowest BCUT2D eigenvalue weighted by molar-refractivity contribution is 0.245. The van der Waals surface area contributed by atoms with Gasteiger partial charge in [0.15, 0.2) is 0 Å². The monoisotopic (exact) mass is 205 g/mol. The minimum Gasteiger partial charge on any atom is -0.502 e. The molecular formula is C13H19NO. The van der Waals surface area contributed by atoms with E-state index in [9.17, 15) is 0 Å². The van der Waals surface area contributed by atoms with Gasteiger partial charge < -0.3 is 10.1 Å². The summed E-state index contributed by atoms with van der Waals surface area (Å²) in [6, 6.07) is 10.5. The highest BCUT2D eigenvalue weighted by Gasteiger charge is 1.91. The van der Waals surface area contributed by atoms with Gasteiger partial charge in [0.2, 0.25) is 0 Å². The van der Waals surface area contributed by atoms with Crippen molar-refractivity contribution in [3.05, 3.63) is 48.7 Å². The highest BCUT2D eigenvalue weighted by Crippen LogP contribution is 1.97. The van der Waals surface area contributed by atoms with Crippen LogP contribution in [0.2, 0.25) is 0 Å². The third kappa shape index (κ3) is 5.92. The molecule has 2 nitrogen and oxygen atoms in total. The zero-order valence-corrected chi connectivity index (χ0v) is 9.11. The van der Waals surface area contributed by atoms with Gasteiger partial charge in [0, 0.05) is 0 Å². The van der Waals surface area contributed by atoms with Crippen LogP contribution in [-0.2, 0) is 11.2 Å². The lowest BCUT2D eigenvalue weighted by atomic mass is 10.1. The van der Waals surface area contributed by atoms with Crippen molar-refractivity contribution in [2.75, 3.05) is 19.7 Å². The van der Waals surface area contributed by atoms with Gasteiger partial charge in [0.1, 0.15) is 0 Å². The van der Waals surface area contributed by atoms with Gasteiger partial charge in [-0.25, -0.2) is 0 Å². The summed E-state index contributed by atoms with van der Waals surface area (Å²) in [5.41, 5.74) is 1.38. The second kappa shape index (κ2) is 8.06. The van der Waals surface area contributed by atoms with Crippen LogP contribution in [0.1, 0.15) is 12.0 Å². The highest BCUT2D eigenvalue weighted by atomic mass is 16.5. The zero-order valence-electron chi connectivity index (χ0n) is 9.11. The van der Waals surface area contributed by atoms with Crippen LogP contribution in [0.25, 0.3) is 0 Å². The van der Waals surface area contributed by atoms with E-state index in [2.05, 4.69) is 36.2 Å². The number of ether oxygens (including phenoxy) is 1. The predicted molar refractivity (Wildman–Crippen MR) is 63.8 cm³/mol. The van der Waals surface area contributed by atoms with E-state index in [0.29, 0.717) is 0 Å². The molecular weight excluding hydrogens is 186 g/mol. The molecule has 0 fully saturated rings. The average Bonchev–Trinajstić information content (AvgIpc) is 2.29. The van der Waals surface area contributed by atoms with Crippen LogP contribution < -0.4 is 5.32 Å². The van der Waals surface area contributed by atoms with Gasteiger partial charge in [-0.3, -0.25) is 0 Å². The summed E-state index contributed by atoms with van der Waals surface area (Å²) >= 11 is 0. The maximum absolute atomic E-state index is 5.02. The molecule has 0 radical (unpaired) electrons. The molecule has 2 heteroatoms. The summed E-state index contributed by atoms with van der Waals surface area (Å²) in [5, 5.41) is 3.38. The van der Waals surface area contributed by atoms with E-state index < -0.39 is 0 Å². The van der Waals surface area contributed by atoms with Crippen molar-refractivity contribution in [2.45, 2.75) is 12.8 Å². The van der Waals surface area contributed by atoms with Crippen LogP contribution in [0.15, 0.2) is 43.2 Å². The lowest BCUT2D eigenvalue weighted by Crippen LogP contribution is -2.19. The molecule has 1 N–H and O–H groups in total. The van der Waals surface area contributed by atoms with E-state index in [1.807, 2.05) is 6.07 Å². The molecule has 0 saturated carbocycles. The number of benzene rings is 1. The molecule has 0 saturated heterocycles. The Balaban J connectivity index is 1.95. The van der Waals surface area contributed by atoms with Gasteiger partial charge in [0.05, 0.1) is 12.9 Å². The molecule has 0 aromatic heterocycles. The van der Waals surface area contributed by atoms with Crippen molar-refractivity contribution in [1.82, 2.24) is 5.32 Å². The van der Waals surface area contributed by atoms with Gasteiger partial charge in [-0.2, -0.15) is 0 Å². The SMILES string of the molecule is C=COCCCNCCc1ccccc1. The minimum absolute atomic E-state index is 0.752. The molecule has 0 unspecified atom stereocenters. The van der Waals surface area contributed by atoms with Crippen LogP contribution >= 0.6 is 0 Å². The Labute approximate surface area is 92.0 Å². The Morgan fingerprint density at radius 1 is 1.20 bits per heavy atom. The molecule has 0 spiro atoms. The lowest BCUT2D eigenvalue weighted by Gasteiger charge is -2.04. The van der Waals surface area contributed by atoms with Crippen LogP contribution in [0.3, 0.4) is 0 Å². The highest BCUT2D eigenvalue weighted by molar-refractivity contribution is 5.14. The number of hydrogen-bond acceptors (Lipinski definition) is 2. The van der Waals surface area contributed by atoms with Crippen molar-refractivity contribution < 1.29 is 4.74 Å². The molecule has 0 aliphatic rings. The average molecular weight is 205 g/mol. The number of nitrogens with one attached hydrogen (secondary N) is 1. The molecule has 0 aliphatic heterocycles. The molecule has 0 amide bonds. The maximum Gasteiger partial charge on any atom is 0.0885 e. The summed E-state index contributed by atoms with van der Waals surface area (Å²) in [6.07, 6.45) is 3.61. The molecule has 0 atom stereocenters. The van der Waals surface area contributed by atoms with E-state index in [1.54, 1.807) is 0 Å². The third-order valence-corrected chi connectivity index (χ3v) is 2.17. The van der Waals surface area contributed by atoms with Crippen molar-refractivity contribution in [2.24, 2.45) is 0 Å². The van der Waals surface area contributed by atoms with E-state index in [-0.39, 0.29) is 0 Å². The summed E-state index contributed by atoms with van der Waals surface area (Å²) in [7, 11) is 0. The second-order valence-corrected chi connectivity index (χ2v) is 3.38. The van der Waals surface area contributed by atoms with Crippen LogP contribution in [-0.4, -0.2) is 19.7 Å². The summed E-state index contributed by atoms with van der Waals surface area (Å²) in [5.74, 6) is 0. The fourth-order valence-corrected chi connectivity index (χ4v) is 1.37. The smallest absolute Gasteiger partial charge is 0.0885 e. The summed E-state index contributed by atoms with van der Waals surface area (Å²) < 4.78 is 5.02. The molecule has 1 aromatic rings. The second-order valence-electron chi connectivity index (χ2n) is 3.38. The van der Waals surface area contributed by atoms with Gasteiger partial charge >= 0.3 is 0 Å². The Kier molecular flexibility index (Phi) is 6.34. The van der Waals surface area contributed by atoms with E-state index in [4.69, 9.17) is 4.74 Å². The molecule has 82 valence electrons. The van der Waals surface area contributed by atoms with Crippen LogP contribution in [0.4, 0.5) is 0 Å². The molecule has 1 rings (SSSR count). The molecule has 0 aliphatic carbocycles. The zero-order chi connectivity index (χ0) is 10.8. The Hall–Kier alpha value is -1.28. The first-order valence-electron chi connectivity index (χ1n) is 5.40. The normalized spacial score (nSPS) is 9.87. The first-order chi connectivity index (χ1) is 7.43. The Bertz CT molecular complexity index is 258. The number of rotatable bonds is 8. The van der Waals surface area contributed by atoms with E-state index in [0.717, 1.165) is 32.5 Å². The van der Waals surface area contributed by atoms with Crippen molar-refractivity contribution in [3.8, 4) is 0 Å². The van der Waals surface area contributed by atoms with Gasteiger partial charge in [0.25, 0.3) is 0 Å². The van der Waals surface area contributed by atoms with Crippen LogP contribution in [0.5, 0.6) is 0 Å². The summed E-state index contributed by atoms with van der Waals surface area (Å²) in [4.78, 5) is 0. The summed E-state index contributed by atoms with van der Waals surface area (Å²) in [6.45, 7) is 6.27. The molecule has 0 bridgehead atoms. The molecule has 1 aromatic carbocycles. The number of hydrogen-bond donors (Lipinski definition) is 1. The van der Waals surface area contributed by atoms with Crippen molar-refractivity contribution in [3.63, 3.8) is 0 Å². The quantitative estimate of drug-likeness (QED) is 0.519. The molecule has 0 heterocycles. The van der Waals surface area contributed by atoms with Gasteiger partial charge in [-0.1, -0.05) is 36.9 Å². The first-order valence-corrected chi connectivity index (χ1v) is 5.40. The standard InChI is InChI=1S/C13H19NO/c1-2-15-12-6-10-14-11-9-13-7-4-3-5-8-13/h2-5,7-8,14H,1,6,9-12H2. The maximum atomic E-state index is 5.02. The third-order valence-electron chi connectivity index (χ3n) is 2.17. The topological polar surface area (TPSA) is 21.3 Å². The van der Waals surface area contributed by atoms with E-state index in [1.165, 1.54) is 11.8 Å². The minimum atomic E-state index is 0.752. The van der Waals surface area contributed by atoms with Gasteiger partial charge in [-0.05, 0) is 31.5 Å². The fourth-order valence-electron chi connectivity index (χ4n) is 1.37. The van der Waals surface area contributed by atoms with Crippen molar-refractivity contribution >= 4 is 0 Å². The first kappa shape index (κ1) is 11.8. The fraction of sp³-hybridized carbons (Fsp3) is 0.385. The Morgan fingerprint density at radius 3 is 2.73 bits per heavy atom. The van der Waals surface area contributed by atoms with Gasteiger partial charge in [-0.15, -0.1) is 0 Å².